The molecule has 1 aromatic rings. The molecule has 0 spiro atoms. The Balaban J connectivity index is 2.34. The molecule has 1 unspecified atom stereocenters. The minimum atomic E-state index is -0.325. The third kappa shape index (κ3) is 1.25. The second-order valence-corrected chi connectivity index (χ2v) is 3.38. The number of aliphatic hydroxyl groups excluding tert-OH is 1. The molecule has 4 nitrogen and oxygen atoms in total. The quantitative estimate of drug-likeness (QED) is 0.663. The second-order valence-electron chi connectivity index (χ2n) is 2.57. The minimum absolute atomic E-state index is 0.325. The number of nitrogens with one attached hydrogen (secondary N) is 1. The van der Waals surface area contributed by atoms with E-state index in [-0.39, 0.29) is 6.10 Å². The van der Waals surface area contributed by atoms with Crippen LogP contribution in [-0.4, -0.2) is 27.5 Å². The Bertz CT molecular complexity index is 273. The summed E-state index contributed by atoms with van der Waals surface area (Å²) >= 11 is 3.26. The number of β-amino-alcohol motifs (C(OH)–C–C–N with tert-alkyl or cyclic N) is 1. The fourth-order valence-electron chi connectivity index (χ4n) is 1.15. The molecule has 1 aromatic heterocycles. The number of rotatable bonds is 0. The highest BCUT2D eigenvalue weighted by molar-refractivity contribution is 9.10. The highest BCUT2D eigenvalue weighted by Crippen LogP contribution is 2.18. The van der Waals surface area contributed by atoms with Crippen LogP contribution in [0.3, 0.4) is 0 Å². The summed E-state index contributed by atoms with van der Waals surface area (Å²) in [5, 5.41) is 16.4. The molecule has 0 aliphatic carbocycles. The Morgan fingerprint density at radius 2 is 2.64 bits per heavy atom. The summed E-state index contributed by atoms with van der Waals surface area (Å²) in [5.74, 6) is 0.960. The number of hydrogen-bond donors (Lipinski definition) is 2. The molecule has 0 saturated heterocycles. The molecule has 5 heteroatoms. The molecule has 0 fully saturated rings. The topological polar surface area (TPSA) is 50.1 Å². The summed E-state index contributed by atoms with van der Waals surface area (Å²) in [6, 6.07) is 1.89. The molecule has 0 bridgehead atoms. The number of halogens is 1. The van der Waals surface area contributed by atoms with Gasteiger partial charge in [0.2, 0.25) is 0 Å². The summed E-state index contributed by atoms with van der Waals surface area (Å²) < 4.78 is 2.55. The maximum atomic E-state index is 9.23. The molecule has 11 heavy (non-hydrogen) atoms. The molecule has 2 N–H and O–H groups in total. The van der Waals surface area contributed by atoms with E-state index in [0.29, 0.717) is 13.1 Å². The van der Waals surface area contributed by atoms with Crippen LogP contribution in [0.5, 0.6) is 0 Å². The lowest BCUT2D eigenvalue weighted by molar-refractivity contribution is 0.154. The van der Waals surface area contributed by atoms with Crippen LogP contribution < -0.4 is 5.32 Å². The van der Waals surface area contributed by atoms with E-state index in [0.717, 1.165) is 10.4 Å². The van der Waals surface area contributed by atoms with E-state index in [2.05, 4.69) is 26.3 Å². The van der Waals surface area contributed by atoms with Crippen molar-refractivity contribution in [2.75, 3.05) is 11.9 Å². The fraction of sp³-hybridized carbons (Fsp3) is 0.500. The normalized spacial score (nSPS) is 22.5. The first-order chi connectivity index (χ1) is 5.25. The SMILES string of the molecule is OC1CNc2cc(Br)nn2C1. The van der Waals surface area contributed by atoms with Crippen molar-refractivity contribution in [3.63, 3.8) is 0 Å². The Morgan fingerprint density at radius 3 is 3.45 bits per heavy atom. The molecule has 0 saturated carbocycles. The van der Waals surface area contributed by atoms with E-state index in [1.807, 2.05) is 6.07 Å². The van der Waals surface area contributed by atoms with Gasteiger partial charge in [0.15, 0.2) is 0 Å². The van der Waals surface area contributed by atoms with Gasteiger partial charge in [0, 0.05) is 12.6 Å². The third-order valence-corrected chi connectivity index (χ3v) is 2.04. The van der Waals surface area contributed by atoms with Crippen LogP contribution in [-0.2, 0) is 6.54 Å². The predicted octanol–water partition coefficient (Wildman–Crippen LogP) is 0.432. The zero-order valence-corrected chi connectivity index (χ0v) is 7.37. The zero-order valence-electron chi connectivity index (χ0n) is 5.79. The van der Waals surface area contributed by atoms with Crippen molar-refractivity contribution in [3.8, 4) is 0 Å². The fourth-order valence-corrected chi connectivity index (χ4v) is 1.56. The molecule has 0 amide bonds. The van der Waals surface area contributed by atoms with Crippen LogP contribution in [0.2, 0.25) is 0 Å². The number of anilines is 1. The number of hydrogen-bond acceptors (Lipinski definition) is 3. The summed E-state index contributed by atoms with van der Waals surface area (Å²) in [6.07, 6.45) is -0.325. The maximum absolute atomic E-state index is 9.23. The van der Waals surface area contributed by atoms with Crippen molar-refractivity contribution >= 4 is 21.7 Å². The van der Waals surface area contributed by atoms with E-state index >= 15 is 0 Å². The predicted molar refractivity (Wildman–Crippen MR) is 44.4 cm³/mol. The van der Waals surface area contributed by atoms with Crippen LogP contribution >= 0.6 is 15.9 Å². The van der Waals surface area contributed by atoms with Crippen molar-refractivity contribution in [2.24, 2.45) is 0 Å². The molecule has 0 radical (unpaired) electrons. The molecule has 1 atom stereocenters. The zero-order chi connectivity index (χ0) is 7.84. The Hall–Kier alpha value is -0.550. The van der Waals surface area contributed by atoms with Gasteiger partial charge in [-0.2, -0.15) is 5.10 Å². The van der Waals surface area contributed by atoms with Crippen LogP contribution in [0, 0.1) is 0 Å². The first-order valence-corrected chi connectivity index (χ1v) is 4.20. The van der Waals surface area contributed by atoms with E-state index < -0.39 is 0 Å². The molecule has 0 aromatic carbocycles. The van der Waals surface area contributed by atoms with Gasteiger partial charge in [0.25, 0.3) is 0 Å². The van der Waals surface area contributed by atoms with Crippen LogP contribution in [0.1, 0.15) is 0 Å². The molecule has 60 valence electrons. The van der Waals surface area contributed by atoms with Gasteiger partial charge in [-0.1, -0.05) is 0 Å². The van der Waals surface area contributed by atoms with E-state index in [1.54, 1.807) is 4.68 Å². The third-order valence-electron chi connectivity index (χ3n) is 1.65. The van der Waals surface area contributed by atoms with Crippen molar-refractivity contribution in [1.29, 1.82) is 0 Å². The largest absolute Gasteiger partial charge is 0.389 e. The van der Waals surface area contributed by atoms with Crippen LogP contribution in [0.4, 0.5) is 5.82 Å². The molecule has 1 aliphatic rings. The van der Waals surface area contributed by atoms with Crippen molar-refractivity contribution in [3.05, 3.63) is 10.7 Å². The molecule has 2 heterocycles. The van der Waals surface area contributed by atoms with Gasteiger partial charge in [-0.25, -0.2) is 4.68 Å². The van der Waals surface area contributed by atoms with Crippen molar-refractivity contribution in [1.82, 2.24) is 9.78 Å². The van der Waals surface area contributed by atoms with Gasteiger partial charge in [-0.15, -0.1) is 0 Å². The number of aromatic nitrogens is 2. The Labute approximate surface area is 72.3 Å². The van der Waals surface area contributed by atoms with Gasteiger partial charge in [-0.3, -0.25) is 0 Å². The summed E-state index contributed by atoms with van der Waals surface area (Å²) in [6.45, 7) is 1.19. The first kappa shape index (κ1) is 7.12. The smallest absolute Gasteiger partial charge is 0.130 e. The Kier molecular flexibility index (Phi) is 1.61. The van der Waals surface area contributed by atoms with E-state index in [4.69, 9.17) is 0 Å². The standard InChI is InChI=1S/C6H8BrN3O/c7-5-1-6-8-2-4(11)3-10(6)9-5/h1,4,8,11H,2-3H2. The lowest BCUT2D eigenvalue weighted by atomic mass is 10.3. The van der Waals surface area contributed by atoms with Gasteiger partial charge >= 0.3 is 0 Å². The number of nitrogens with zero attached hydrogens (tertiary/aromatic N) is 2. The Morgan fingerprint density at radius 1 is 1.82 bits per heavy atom. The highest BCUT2D eigenvalue weighted by Gasteiger charge is 2.16. The van der Waals surface area contributed by atoms with Crippen molar-refractivity contribution < 1.29 is 5.11 Å². The first-order valence-electron chi connectivity index (χ1n) is 3.41. The molecular weight excluding hydrogens is 210 g/mol. The molecule has 2 rings (SSSR count). The number of fused-ring (bicyclic) bond motifs is 1. The molecule has 1 aliphatic heterocycles. The monoisotopic (exact) mass is 217 g/mol. The minimum Gasteiger partial charge on any atom is -0.389 e. The molecular formula is C6H8BrN3O. The van der Waals surface area contributed by atoms with Gasteiger partial charge in [-0.05, 0) is 15.9 Å². The second kappa shape index (κ2) is 2.49. The van der Waals surface area contributed by atoms with Gasteiger partial charge < -0.3 is 10.4 Å². The average molecular weight is 218 g/mol. The van der Waals surface area contributed by atoms with E-state index in [1.165, 1.54) is 0 Å². The van der Waals surface area contributed by atoms with Gasteiger partial charge in [0.05, 0.1) is 12.6 Å². The van der Waals surface area contributed by atoms with Gasteiger partial charge in [0.1, 0.15) is 10.4 Å². The summed E-state index contributed by atoms with van der Waals surface area (Å²) in [4.78, 5) is 0. The van der Waals surface area contributed by atoms with Crippen molar-refractivity contribution in [2.45, 2.75) is 12.6 Å². The van der Waals surface area contributed by atoms with Crippen LogP contribution in [0.25, 0.3) is 0 Å². The highest BCUT2D eigenvalue weighted by atomic mass is 79.9. The summed E-state index contributed by atoms with van der Waals surface area (Å²) in [5.41, 5.74) is 0. The van der Waals surface area contributed by atoms with Crippen LogP contribution in [0.15, 0.2) is 10.7 Å². The lowest BCUT2D eigenvalue weighted by Gasteiger charge is -2.20. The average Bonchev–Trinajstić information content (AvgIpc) is 2.27. The summed E-state index contributed by atoms with van der Waals surface area (Å²) in [7, 11) is 0. The number of aliphatic hydroxyl groups is 1. The van der Waals surface area contributed by atoms with E-state index in [9.17, 15) is 5.11 Å². The maximum Gasteiger partial charge on any atom is 0.130 e. The lowest BCUT2D eigenvalue weighted by Crippen LogP contribution is -2.31.